The molecule has 1 atom stereocenters. The van der Waals surface area contributed by atoms with Gasteiger partial charge >= 0.3 is 0 Å². The molecule has 1 unspecified atom stereocenters. The first-order valence-electron chi connectivity index (χ1n) is 2.15. The fraction of sp³-hybridized carbons (Fsp3) is 1.00. The average molecular weight is 120 g/mol. The molecule has 0 rings (SSSR count). The van der Waals surface area contributed by atoms with Crippen LogP contribution in [0, 0.1) is 10.1 Å². The summed E-state index contributed by atoms with van der Waals surface area (Å²) < 4.78 is 0. The minimum absolute atomic E-state index is 0.523. The molecule has 0 heterocycles. The zero-order chi connectivity index (χ0) is 6.57. The third-order valence-corrected chi connectivity index (χ3v) is 0.651. The monoisotopic (exact) mass is 120 g/mol. The zero-order valence-corrected chi connectivity index (χ0v) is 4.75. The molecule has 5 nitrogen and oxygen atoms in total. The van der Waals surface area contributed by atoms with Gasteiger partial charge in [-0.3, -0.25) is 10.2 Å². The molecule has 5 heteroatoms. The Bertz CT molecular complexity index is 84.6. The van der Waals surface area contributed by atoms with Crippen molar-refractivity contribution in [2.45, 2.75) is 13.2 Å². The normalized spacial score (nSPS) is 12.8. The summed E-state index contributed by atoms with van der Waals surface area (Å²) in [5.41, 5.74) is 0. The summed E-state index contributed by atoms with van der Waals surface area (Å²) in [7, 11) is 1.58. The molecule has 0 bridgehead atoms. The van der Waals surface area contributed by atoms with Gasteiger partial charge in [0.15, 0.2) is 6.23 Å². The zero-order valence-electron chi connectivity index (χ0n) is 4.75. The lowest BCUT2D eigenvalue weighted by atomic mass is 10.7. The van der Waals surface area contributed by atoms with Gasteiger partial charge in [-0.25, -0.2) is 0 Å². The second-order valence-electron chi connectivity index (χ2n) is 1.26. The fourth-order valence-corrected chi connectivity index (χ4v) is 0.182. The van der Waals surface area contributed by atoms with Crippen molar-refractivity contribution in [3.05, 3.63) is 10.1 Å². The van der Waals surface area contributed by atoms with Crippen LogP contribution in [-0.4, -0.2) is 18.4 Å². The Balaban J connectivity index is 3.24. The quantitative estimate of drug-likeness (QED) is 0.317. The minimum atomic E-state index is -0.832. The van der Waals surface area contributed by atoms with Gasteiger partial charge in [0.25, 0.3) is 5.09 Å². The number of nitrogens with one attached hydrogen (secondary N) is 1. The molecule has 0 aromatic carbocycles. The molecule has 0 saturated carbocycles. The summed E-state index contributed by atoms with van der Waals surface area (Å²) in [4.78, 5) is 13.5. The number of nitrogens with zero attached hydrogens (tertiary/aromatic N) is 1. The number of hydrogen-bond donors (Lipinski definition) is 1. The van der Waals surface area contributed by atoms with Crippen LogP contribution in [-0.2, 0) is 4.84 Å². The van der Waals surface area contributed by atoms with Gasteiger partial charge in [-0.05, 0) is 14.0 Å². The summed E-state index contributed by atoms with van der Waals surface area (Å²) in [6.07, 6.45) is -0.523. The largest absolute Gasteiger partial charge is 0.296 e. The maximum atomic E-state index is 9.51. The summed E-state index contributed by atoms with van der Waals surface area (Å²) in [5.74, 6) is 0. The standard InChI is InChI=1S/C3H8N2O3/c1-3(4-2)8-5(6)7/h3-4H,1-2H3. The maximum absolute atomic E-state index is 9.51. The molecular formula is C3H8N2O3. The highest BCUT2D eigenvalue weighted by atomic mass is 17.0. The van der Waals surface area contributed by atoms with Gasteiger partial charge in [-0.1, -0.05) is 0 Å². The van der Waals surface area contributed by atoms with E-state index in [4.69, 9.17) is 0 Å². The molecule has 0 aliphatic carbocycles. The molecule has 0 aromatic heterocycles. The van der Waals surface area contributed by atoms with E-state index in [9.17, 15) is 10.1 Å². The highest BCUT2D eigenvalue weighted by Gasteiger charge is 2.00. The third kappa shape index (κ3) is 3.35. The van der Waals surface area contributed by atoms with Crippen LogP contribution in [0.1, 0.15) is 6.92 Å². The molecule has 0 saturated heterocycles. The number of rotatable bonds is 3. The molecule has 1 N–H and O–H groups in total. The van der Waals surface area contributed by atoms with Crippen molar-refractivity contribution in [1.82, 2.24) is 5.32 Å². The van der Waals surface area contributed by atoms with Gasteiger partial charge in [-0.2, -0.15) is 0 Å². The second-order valence-corrected chi connectivity index (χ2v) is 1.26. The van der Waals surface area contributed by atoms with Crippen LogP contribution < -0.4 is 5.32 Å². The first-order valence-corrected chi connectivity index (χ1v) is 2.15. The molecule has 48 valence electrons. The van der Waals surface area contributed by atoms with Crippen LogP contribution in [0.2, 0.25) is 0 Å². The van der Waals surface area contributed by atoms with E-state index in [2.05, 4.69) is 10.2 Å². The highest BCUT2D eigenvalue weighted by molar-refractivity contribution is 4.31. The van der Waals surface area contributed by atoms with Gasteiger partial charge in [0.1, 0.15) is 0 Å². The van der Waals surface area contributed by atoms with Gasteiger partial charge in [0.2, 0.25) is 0 Å². The van der Waals surface area contributed by atoms with Gasteiger partial charge in [-0.15, -0.1) is 10.1 Å². The van der Waals surface area contributed by atoms with E-state index in [1.165, 1.54) is 0 Å². The van der Waals surface area contributed by atoms with Crippen molar-refractivity contribution in [1.29, 1.82) is 0 Å². The SMILES string of the molecule is CNC(C)O[N+](=O)[O-]. The van der Waals surface area contributed by atoms with Crippen LogP contribution in [0.3, 0.4) is 0 Å². The minimum Gasteiger partial charge on any atom is -0.296 e. The summed E-state index contributed by atoms with van der Waals surface area (Å²) >= 11 is 0. The molecule has 0 fully saturated rings. The second kappa shape index (κ2) is 3.20. The van der Waals surface area contributed by atoms with E-state index in [0.717, 1.165) is 0 Å². The van der Waals surface area contributed by atoms with E-state index >= 15 is 0 Å². The Morgan fingerprint density at radius 2 is 2.38 bits per heavy atom. The van der Waals surface area contributed by atoms with Crippen molar-refractivity contribution < 1.29 is 9.92 Å². The van der Waals surface area contributed by atoms with Crippen LogP contribution >= 0.6 is 0 Å². The van der Waals surface area contributed by atoms with Crippen molar-refractivity contribution in [2.24, 2.45) is 0 Å². The molecule has 0 amide bonds. The molecule has 8 heavy (non-hydrogen) atoms. The summed E-state index contributed by atoms with van der Waals surface area (Å²) in [5, 5.41) is 11.2. The Kier molecular flexibility index (Phi) is 2.86. The lowest BCUT2D eigenvalue weighted by Gasteiger charge is -2.04. The van der Waals surface area contributed by atoms with E-state index < -0.39 is 11.3 Å². The predicted molar refractivity (Wildman–Crippen MR) is 26.6 cm³/mol. The Hall–Kier alpha value is -0.840. The van der Waals surface area contributed by atoms with E-state index in [1.54, 1.807) is 14.0 Å². The molecular weight excluding hydrogens is 112 g/mol. The van der Waals surface area contributed by atoms with Crippen LogP contribution in [0.5, 0.6) is 0 Å². The van der Waals surface area contributed by atoms with Crippen LogP contribution in [0.25, 0.3) is 0 Å². The molecule has 0 radical (unpaired) electrons. The lowest BCUT2D eigenvalue weighted by Crippen LogP contribution is -2.26. The average Bonchev–Trinajstić information content (AvgIpc) is 1.65. The Labute approximate surface area is 46.7 Å². The molecule has 0 spiro atoms. The first-order chi connectivity index (χ1) is 3.66. The van der Waals surface area contributed by atoms with Crippen LogP contribution in [0.4, 0.5) is 0 Å². The van der Waals surface area contributed by atoms with Gasteiger partial charge < -0.3 is 0 Å². The van der Waals surface area contributed by atoms with Crippen molar-refractivity contribution in [3.8, 4) is 0 Å². The summed E-state index contributed by atoms with van der Waals surface area (Å²) in [6, 6.07) is 0. The van der Waals surface area contributed by atoms with E-state index in [0.29, 0.717) is 0 Å². The predicted octanol–water partition coefficient (Wildman–Crippen LogP) is -0.240. The van der Waals surface area contributed by atoms with Crippen molar-refractivity contribution in [2.75, 3.05) is 7.05 Å². The van der Waals surface area contributed by atoms with Crippen molar-refractivity contribution in [3.63, 3.8) is 0 Å². The molecule has 0 aliphatic rings. The number of hydrogen-bond acceptors (Lipinski definition) is 4. The highest BCUT2D eigenvalue weighted by Crippen LogP contribution is 1.81. The van der Waals surface area contributed by atoms with Gasteiger partial charge in [0.05, 0.1) is 0 Å². The van der Waals surface area contributed by atoms with E-state index in [-0.39, 0.29) is 0 Å². The smallest absolute Gasteiger partial charge is 0.296 e. The topological polar surface area (TPSA) is 64.4 Å². The Morgan fingerprint density at radius 3 is 2.50 bits per heavy atom. The van der Waals surface area contributed by atoms with Crippen molar-refractivity contribution >= 4 is 0 Å². The maximum Gasteiger partial charge on any atom is 0.296 e. The van der Waals surface area contributed by atoms with E-state index in [1.807, 2.05) is 0 Å². The molecule has 0 aromatic rings. The Morgan fingerprint density at radius 1 is 1.88 bits per heavy atom. The fourth-order valence-electron chi connectivity index (χ4n) is 0.182. The lowest BCUT2D eigenvalue weighted by molar-refractivity contribution is -0.769. The molecule has 0 aliphatic heterocycles. The summed E-state index contributed by atoms with van der Waals surface area (Å²) in [6.45, 7) is 1.54. The van der Waals surface area contributed by atoms with Crippen LogP contribution in [0.15, 0.2) is 0 Å². The third-order valence-electron chi connectivity index (χ3n) is 0.651. The van der Waals surface area contributed by atoms with Gasteiger partial charge in [0, 0.05) is 0 Å². The first kappa shape index (κ1) is 7.16.